The molecule has 1 atom stereocenters. The monoisotopic (exact) mass is 270 g/mol. The highest BCUT2D eigenvalue weighted by Crippen LogP contribution is 2.15. The Morgan fingerprint density at radius 1 is 1.50 bits per heavy atom. The number of H-pyrrole nitrogens is 1. The Morgan fingerprint density at radius 3 is 2.83 bits per heavy atom. The summed E-state index contributed by atoms with van der Waals surface area (Å²) in [6.45, 7) is 4.51. The lowest BCUT2D eigenvalue weighted by atomic mass is 10.2. The van der Waals surface area contributed by atoms with Gasteiger partial charge in [-0.15, -0.1) is 0 Å². The van der Waals surface area contributed by atoms with Gasteiger partial charge in [-0.05, 0) is 24.5 Å². The highest BCUT2D eigenvalue weighted by Gasteiger charge is 2.28. The summed E-state index contributed by atoms with van der Waals surface area (Å²) in [6.07, 6.45) is 1.72. The number of nitrogens with one attached hydrogen (secondary N) is 1. The third kappa shape index (κ3) is 2.75. The van der Waals surface area contributed by atoms with E-state index in [1.807, 2.05) is 19.9 Å². The summed E-state index contributed by atoms with van der Waals surface area (Å²) >= 11 is 0. The maximum Gasteiger partial charge on any atom is 0.270 e. The zero-order valence-corrected chi connectivity index (χ0v) is 11.5. The first kappa shape index (κ1) is 13.1. The summed E-state index contributed by atoms with van der Waals surface area (Å²) in [4.78, 5) is 16.8. The lowest BCUT2D eigenvalue weighted by molar-refractivity contribution is 0.0745. The minimum Gasteiger partial charge on any atom is -0.357 e. The average molecular weight is 270 g/mol. The van der Waals surface area contributed by atoms with E-state index in [9.17, 15) is 13.2 Å². The first-order valence-electron chi connectivity index (χ1n) is 6.03. The molecule has 2 rings (SSSR count). The standard InChI is InChI=1S/C12H18N2O3S/c1-9-7-14(5-6-18(16,17)8-9)12(15)11-10(2)3-4-13-11/h3-4,9,13H,5-8H2,1-2H3/t9-/m0/s1. The van der Waals surface area contributed by atoms with Gasteiger partial charge in [0.05, 0.1) is 11.5 Å². The van der Waals surface area contributed by atoms with Crippen LogP contribution in [0.25, 0.3) is 0 Å². The van der Waals surface area contributed by atoms with Crippen molar-refractivity contribution in [1.82, 2.24) is 9.88 Å². The van der Waals surface area contributed by atoms with Crippen molar-refractivity contribution in [2.75, 3.05) is 24.6 Å². The van der Waals surface area contributed by atoms with Crippen molar-refractivity contribution in [3.8, 4) is 0 Å². The van der Waals surface area contributed by atoms with Gasteiger partial charge in [-0.25, -0.2) is 8.42 Å². The first-order chi connectivity index (χ1) is 8.39. The Bertz CT molecular complexity index is 547. The molecule has 0 bridgehead atoms. The number of sulfone groups is 1. The Hall–Kier alpha value is -1.30. The van der Waals surface area contributed by atoms with Crippen molar-refractivity contribution in [3.05, 3.63) is 23.5 Å². The van der Waals surface area contributed by atoms with Gasteiger partial charge in [0, 0.05) is 19.3 Å². The topological polar surface area (TPSA) is 70.2 Å². The molecule has 18 heavy (non-hydrogen) atoms. The second-order valence-corrected chi connectivity index (χ2v) is 7.24. The third-order valence-electron chi connectivity index (χ3n) is 3.20. The molecule has 1 saturated heterocycles. The van der Waals surface area contributed by atoms with E-state index in [0.717, 1.165) is 5.56 Å². The number of aromatic amines is 1. The molecule has 0 saturated carbocycles. The SMILES string of the molecule is Cc1cc[nH]c1C(=O)N1CCS(=O)(=O)C[C@@H](C)C1. The highest BCUT2D eigenvalue weighted by molar-refractivity contribution is 7.91. The van der Waals surface area contributed by atoms with E-state index >= 15 is 0 Å². The van der Waals surface area contributed by atoms with Crippen LogP contribution in [-0.4, -0.2) is 48.8 Å². The molecular weight excluding hydrogens is 252 g/mol. The van der Waals surface area contributed by atoms with Gasteiger partial charge in [-0.3, -0.25) is 4.79 Å². The van der Waals surface area contributed by atoms with Crippen molar-refractivity contribution in [3.63, 3.8) is 0 Å². The Morgan fingerprint density at radius 2 is 2.22 bits per heavy atom. The van der Waals surface area contributed by atoms with E-state index < -0.39 is 9.84 Å². The second-order valence-electron chi connectivity index (χ2n) is 5.01. The van der Waals surface area contributed by atoms with Gasteiger partial charge in [-0.1, -0.05) is 6.92 Å². The molecule has 6 heteroatoms. The number of carbonyl (C=O) groups is 1. The third-order valence-corrected chi connectivity index (χ3v) is 5.08. The van der Waals surface area contributed by atoms with E-state index in [2.05, 4.69) is 4.98 Å². The van der Waals surface area contributed by atoms with Crippen LogP contribution in [0.2, 0.25) is 0 Å². The number of aromatic nitrogens is 1. The zero-order chi connectivity index (χ0) is 13.3. The number of carbonyl (C=O) groups excluding carboxylic acids is 1. The van der Waals surface area contributed by atoms with Gasteiger partial charge >= 0.3 is 0 Å². The first-order valence-corrected chi connectivity index (χ1v) is 7.85. The van der Waals surface area contributed by atoms with Gasteiger partial charge in [0.2, 0.25) is 0 Å². The van der Waals surface area contributed by atoms with Crippen molar-refractivity contribution >= 4 is 15.7 Å². The Balaban J connectivity index is 2.19. The fourth-order valence-corrected chi connectivity index (χ4v) is 3.94. The molecule has 1 aromatic rings. The van der Waals surface area contributed by atoms with E-state index in [1.165, 1.54) is 0 Å². The largest absolute Gasteiger partial charge is 0.357 e. The Labute approximate surface area is 107 Å². The minimum absolute atomic E-state index is 0.0169. The summed E-state index contributed by atoms with van der Waals surface area (Å²) in [6, 6.07) is 1.84. The zero-order valence-electron chi connectivity index (χ0n) is 10.6. The van der Waals surface area contributed by atoms with Crippen LogP contribution < -0.4 is 0 Å². The molecule has 1 aliphatic rings. The predicted molar refractivity (Wildman–Crippen MR) is 69.3 cm³/mol. The van der Waals surface area contributed by atoms with Crippen molar-refractivity contribution in [2.45, 2.75) is 13.8 Å². The smallest absolute Gasteiger partial charge is 0.270 e. The molecule has 0 unspecified atom stereocenters. The number of rotatable bonds is 1. The van der Waals surface area contributed by atoms with Crippen LogP contribution in [-0.2, 0) is 9.84 Å². The molecule has 100 valence electrons. The Kier molecular flexibility index (Phi) is 3.47. The number of nitrogens with zero attached hydrogens (tertiary/aromatic N) is 1. The van der Waals surface area contributed by atoms with Crippen LogP contribution in [0, 0.1) is 12.8 Å². The van der Waals surface area contributed by atoms with Crippen LogP contribution >= 0.6 is 0 Å². The number of amides is 1. The average Bonchev–Trinajstić information content (AvgIpc) is 2.62. The van der Waals surface area contributed by atoms with E-state index in [-0.39, 0.29) is 29.9 Å². The maximum absolute atomic E-state index is 12.3. The molecule has 0 aromatic carbocycles. The molecule has 2 heterocycles. The summed E-state index contributed by atoms with van der Waals surface area (Å²) in [5, 5.41) is 0. The lowest BCUT2D eigenvalue weighted by Crippen LogP contribution is -2.35. The van der Waals surface area contributed by atoms with E-state index in [0.29, 0.717) is 12.2 Å². The van der Waals surface area contributed by atoms with Crippen LogP contribution in [0.5, 0.6) is 0 Å². The second kappa shape index (κ2) is 4.76. The molecule has 1 amide bonds. The fraction of sp³-hybridized carbons (Fsp3) is 0.583. The molecule has 1 fully saturated rings. The van der Waals surface area contributed by atoms with Gasteiger partial charge < -0.3 is 9.88 Å². The van der Waals surface area contributed by atoms with Crippen LogP contribution in [0.1, 0.15) is 23.0 Å². The molecule has 0 aliphatic carbocycles. The lowest BCUT2D eigenvalue weighted by Gasteiger charge is -2.21. The van der Waals surface area contributed by atoms with Crippen molar-refractivity contribution < 1.29 is 13.2 Å². The van der Waals surface area contributed by atoms with Gasteiger partial charge in [0.25, 0.3) is 5.91 Å². The van der Waals surface area contributed by atoms with E-state index in [4.69, 9.17) is 0 Å². The predicted octanol–water partition coefficient (Wildman–Crippen LogP) is 0.830. The molecular formula is C12H18N2O3S. The summed E-state index contributed by atoms with van der Waals surface area (Å²) in [5.74, 6) is 0.0988. The quantitative estimate of drug-likeness (QED) is 0.821. The van der Waals surface area contributed by atoms with Gasteiger partial charge in [-0.2, -0.15) is 0 Å². The van der Waals surface area contributed by atoms with E-state index in [1.54, 1.807) is 11.1 Å². The highest BCUT2D eigenvalue weighted by atomic mass is 32.2. The molecule has 1 aromatic heterocycles. The van der Waals surface area contributed by atoms with Crippen molar-refractivity contribution in [2.24, 2.45) is 5.92 Å². The summed E-state index contributed by atoms with van der Waals surface area (Å²) in [5.41, 5.74) is 1.45. The summed E-state index contributed by atoms with van der Waals surface area (Å²) < 4.78 is 23.3. The molecule has 1 N–H and O–H groups in total. The van der Waals surface area contributed by atoms with Gasteiger partial charge in [0.15, 0.2) is 9.84 Å². The minimum atomic E-state index is -3.02. The van der Waals surface area contributed by atoms with Crippen LogP contribution in [0.3, 0.4) is 0 Å². The normalized spacial score (nSPS) is 23.7. The molecule has 1 aliphatic heterocycles. The number of aryl methyl sites for hydroxylation is 1. The number of hydrogen-bond donors (Lipinski definition) is 1. The van der Waals surface area contributed by atoms with Crippen LogP contribution in [0.15, 0.2) is 12.3 Å². The van der Waals surface area contributed by atoms with Crippen molar-refractivity contribution in [1.29, 1.82) is 0 Å². The molecule has 5 nitrogen and oxygen atoms in total. The molecule has 0 spiro atoms. The van der Waals surface area contributed by atoms with Gasteiger partial charge in [0.1, 0.15) is 5.69 Å². The maximum atomic E-state index is 12.3. The number of hydrogen-bond acceptors (Lipinski definition) is 3. The van der Waals surface area contributed by atoms with Crippen LogP contribution in [0.4, 0.5) is 0 Å². The fourth-order valence-electron chi connectivity index (χ4n) is 2.31. The molecule has 0 radical (unpaired) electrons. The summed E-state index contributed by atoms with van der Waals surface area (Å²) in [7, 11) is -3.02.